The summed E-state index contributed by atoms with van der Waals surface area (Å²) < 4.78 is 2.22. The van der Waals surface area contributed by atoms with E-state index in [9.17, 15) is 0 Å². The molecule has 4 fully saturated rings. The number of aliphatic imine (C=N–C) groups is 1. The van der Waals surface area contributed by atoms with Crippen molar-refractivity contribution in [3.8, 4) is 5.69 Å². The minimum absolute atomic E-state index is 0.473. The Morgan fingerprint density at radius 2 is 1.50 bits per heavy atom. The van der Waals surface area contributed by atoms with Crippen LogP contribution >= 0.6 is 0 Å². The van der Waals surface area contributed by atoms with Crippen LogP contribution in [-0.4, -0.2) is 10.8 Å². The summed E-state index contributed by atoms with van der Waals surface area (Å²) in [6.07, 6.45) is 12.9. The van der Waals surface area contributed by atoms with Crippen molar-refractivity contribution in [2.24, 2.45) is 22.7 Å². The second-order valence-electron chi connectivity index (χ2n) is 10.1. The van der Waals surface area contributed by atoms with Gasteiger partial charge in [0.15, 0.2) is 0 Å². The maximum atomic E-state index is 4.77. The lowest BCUT2D eigenvalue weighted by atomic mass is 9.48. The van der Waals surface area contributed by atoms with E-state index in [0.717, 1.165) is 29.0 Å². The van der Waals surface area contributed by atoms with Crippen molar-refractivity contribution < 1.29 is 0 Å². The molecule has 3 aromatic rings. The Balaban J connectivity index is 1.21. The maximum Gasteiger partial charge on any atom is 0.0630 e. The van der Waals surface area contributed by atoms with Crippen molar-refractivity contribution in [2.75, 3.05) is 0 Å². The minimum Gasteiger partial charge on any atom is -0.321 e. The molecule has 2 heteroatoms. The SMILES string of the molecule is Cc1cc(C=Nc2ccc(C34CC5CC(CC(C5)C3)C4)cc2)cn1-c1ccccc1. The van der Waals surface area contributed by atoms with Crippen LogP contribution in [0, 0.1) is 24.7 Å². The van der Waals surface area contributed by atoms with Crippen molar-refractivity contribution in [2.45, 2.75) is 50.9 Å². The average Bonchev–Trinajstić information content (AvgIpc) is 3.13. The highest BCUT2D eigenvalue weighted by molar-refractivity contribution is 5.82. The van der Waals surface area contributed by atoms with Crippen LogP contribution in [0.4, 0.5) is 5.69 Å². The van der Waals surface area contributed by atoms with Gasteiger partial charge in [0.25, 0.3) is 0 Å². The number of rotatable bonds is 4. The van der Waals surface area contributed by atoms with E-state index in [1.807, 2.05) is 6.21 Å². The molecule has 2 nitrogen and oxygen atoms in total. The fourth-order valence-electron chi connectivity index (χ4n) is 7.05. The van der Waals surface area contributed by atoms with Crippen molar-refractivity contribution in [3.63, 3.8) is 0 Å². The van der Waals surface area contributed by atoms with Gasteiger partial charge in [-0.15, -0.1) is 0 Å². The first-order chi connectivity index (χ1) is 14.7. The van der Waals surface area contributed by atoms with Gasteiger partial charge in [0.2, 0.25) is 0 Å². The zero-order chi connectivity index (χ0) is 20.1. The number of hydrogen-bond donors (Lipinski definition) is 0. The van der Waals surface area contributed by atoms with Gasteiger partial charge in [0.1, 0.15) is 0 Å². The lowest BCUT2D eigenvalue weighted by Gasteiger charge is -2.57. The summed E-state index contributed by atoms with van der Waals surface area (Å²) in [6, 6.07) is 21.9. The molecule has 1 heterocycles. The summed E-state index contributed by atoms with van der Waals surface area (Å²) >= 11 is 0. The fourth-order valence-corrected chi connectivity index (χ4v) is 7.05. The molecule has 0 aliphatic heterocycles. The molecule has 7 rings (SSSR count). The standard InChI is InChI=1S/C28H30N2/c1-20-11-24(19-30(20)27-5-3-2-4-6-27)18-29-26-9-7-25(8-10-26)28-15-21-12-22(16-28)14-23(13-21)17-28/h2-11,18-19,21-23H,12-17H2,1H3. The Morgan fingerprint density at radius 3 is 2.13 bits per heavy atom. The highest BCUT2D eigenvalue weighted by atomic mass is 15.0. The number of nitrogens with zero attached hydrogens (tertiary/aromatic N) is 2. The molecular weight excluding hydrogens is 364 g/mol. The van der Waals surface area contributed by atoms with E-state index in [0.29, 0.717) is 5.41 Å². The smallest absolute Gasteiger partial charge is 0.0630 e. The molecule has 0 atom stereocenters. The summed E-state index contributed by atoms with van der Waals surface area (Å²) in [5, 5.41) is 0. The third kappa shape index (κ3) is 3.14. The molecule has 4 aliphatic rings. The van der Waals surface area contributed by atoms with Gasteiger partial charge in [0, 0.05) is 29.4 Å². The maximum absolute atomic E-state index is 4.77. The molecule has 0 unspecified atom stereocenters. The first-order valence-electron chi connectivity index (χ1n) is 11.6. The third-order valence-electron chi connectivity index (χ3n) is 7.95. The summed E-state index contributed by atoms with van der Waals surface area (Å²) in [7, 11) is 0. The molecule has 1 aromatic heterocycles. The molecule has 30 heavy (non-hydrogen) atoms. The number of aromatic nitrogens is 1. The van der Waals surface area contributed by atoms with E-state index < -0.39 is 0 Å². The van der Waals surface area contributed by atoms with E-state index in [1.165, 1.54) is 49.9 Å². The normalized spacial score (nSPS) is 29.7. The minimum atomic E-state index is 0.473. The summed E-state index contributed by atoms with van der Waals surface area (Å²) in [5.74, 6) is 2.97. The molecule has 0 N–H and O–H groups in total. The monoisotopic (exact) mass is 394 g/mol. The Kier molecular flexibility index (Phi) is 4.23. The van der Waals surface area contributed by atoms with Crippen LogP contribution in [0.5, 0.6) is 0 Å². The van der Waals surface area contributed by atoms with Crippen molar-refractivity contribution >= 4 is 11.9 Å². The number of para-hydroxylation sites is 1. The molecule has 2 aromatic carbocycles. The Bertz CT molecular complexity index is 1040. The zero-order valence-corrected chi connectivity index (χ0v) is 17.8. The van der Waals surface area contributed by atoms with Crippen LogP contribution in [0.3, 0.4) is 0 Å². The summed E-state index contributed by atoms with van der Waals surface area (Å²) in [6.45, 7) is 2.14. The highest BCUT2D eigenvalue weighted by Gasteiger charge is 2.51. The van der Waals surface area contributed by atoms with E-state index in [2.05, 4.69) is 78.4 Å². The van der Waals surface area contributed by atoms with Gasteiger partial charge < -0.3 is 4.57 Å². The molecule has 0 radical (unpaired) electrons. The average molecular weight is 395 g/mol. The van der Waals surface area contributed by atoms with Gasteiger partial charge in [-0.05, 0) is 105 Å². The largest absolute Gasteiger partial charge is 0.321 e. The van der Waals surface area contributed by atoms with Crippen LogP contribution in [0.25, 0.3) is 5.69 Å². The number of hydrogen-bond acceptors (Lipinski definition) is 1. The first-order valence-corrected chi connectivity index (χ1v) is 11.6. The highest BCUT2D eigenvalue weighted by Crippen LogP contribution is 2.60. The summed E-state index contributed by atoms with van der Waals surface area (Å²) in [4.78, 5) is 4.77. The van der Waals surface area contributed by atoms with Crippen molar-refractivity contribution in [3.05, 3.63) is 83.7 Å². The molecule has 0 amide bonds. The van der Waals surface area contributed by atoms with Crippen LogP contribution in [0.2, 0.25) is 0 Å². The third-order valence-corrected chi connectivity index (χ3v) is 7.95. The second-order valence-corrected chi connectivity index (χ2v) is 10.1. The second kappa shape index (κ2) is 6.97. The zero-order valence-electron chi connectivity index (χ0n) is 17.8. The predicted octanol–water partition coefficient (Wildman–Crippen LogP) is 7.00. The van der Waals surface area contributed by atoms with E-state index in [1.54, 1.807) is 5.56 Å². The topological polar surface area (TPSA) is 17.3 Å². The van der Waals surface area contributed by atoms with Crippen LogP contribution < -0.4 is 0 Å². The van der Waals surface area contributed by atoms with E-state index >= 15 is 0 Å². The van der Waals surface area contributed by atoms with Crippen LogP contribution in [0.1, 0.15) is 55.3 Å². The molecule has 152 valence electrons. The van der Waals surface area contributed by atoms with Gasteiger partial charge in [-0.2, -0.15) is 0 Å². The van der Waals surface area contributed by atoms with Gasteiger partial charge in [-0.1, -0.05) is 30.3 Å². The van der Waals surface area contributed by atoms with Crippen molar-refractivity contribution in [1.29, 1.82) is 0 Å². The molecule has 0 spiro atoms. The Morgan fingerprint density at radius 1 is 0.867 bits per heavy atom. The van der Waals surface area contributed by atoms with Crippen LogP contribution in [0.15, 0.2) is 71.9 Å². The Hall–Kier alpha value is -2.61. The Labute approximate surface area is 179 Å². The number of aryl methyl sites for hydroxylation is 1. The molecule has 4 saturated carbocycles. The molecule has 4 aliphatic carbocycles. The molecule has 4 bridgehead atoms. The van der Waals surface area contributed by atoms with Crippen LogP contribution in [-0.2, 0) is 5.41 Å². The van der Waals surface area contributed by atoms with Crippen molar-refractivity contribution in [1.82, 2.24) is 4.57 Å². The van der Waals surface area contributed by atoms with Gasteiger partial charge in [0.05, 0.1) is 5.69 Å². The van der Waals surface area contributed by atoms with E-state index in [4.69, 9.17) is 4.99 Å². The van der Waals surface area contributed by atoms with Gasteiger partial charge >= 0.3 is 0 Å². The first kappa shape index (κ1) is 18.2. The number of benzene rings is 2. The predicted molar refractivity (Wildman–Crippen MR) is 124 cm³/mol. The van der Waals surface area contributed by atoms with Gasteiger partial charge in [-0.25, -0.2) is 0 Å². The molecule has 0 saturated heterocycles. The lowest BCUT2D eigenvalue weighted by molar-refractivity contribution is -0.00518. The summed E-state index contributed by atoms with van der Waals surface area (Å²) in [5.41, 5.74) is 6.65. The quantitative estimate of drug-likeness (QED) is 0.424. The molecular formula is C28H30N2. The fraction of sp³-hybridized carbons (Fsp3) is 0.393. The van der Waals surface area contributed by atoms with Gasteiger partial charge in [-0.3, -0.25) is 4.99 Å². The van der Waals surface area contributed by atoms with E-state index in [-0.39, 0.29) is 0 Å². The lowest BCUT2D eigenvalue weighted by Crippen LogP contribution is -2.48.